The number of rotatable bonds is 3. The summed E-state index contributed by atoms with van der Waals surface area (Å²) in [4.78, 5) is 25.6. The number of benzene rings is 1. The molecule has 1 aliphatic heterocycles. The highest BCUT2D eigenvalue weighted by atomic mass is 16.6. The van der Waals surface area contributed by atoms with Crippen molar-refractivity contribution in [3.8, 4) is 5.88 Å². The zero-order valence-corrected chi connectivity index (χ0v) is 16.7. The van der Waals surface area contributed by atoms with Crippen LogP contribution in [0.5, 0.6) is 5.88 Å². The Labute approximate surface area is 160 Å². The average molecular weight is 372 g/mol. The summed E-state index contributed by atoms with van der Waals surface area (Å²) < 4.78 is 11.0. The Morgan fingerprint density at radius 2 is 1.89 bits per heavy atom. The number of likely N-dealkylation sites (N-methyl/N-ethyl adjacent to an activating group) is 1. The lowest BCUT2D eigenvalue weighted by Crippen LogP contribution is -2.50. The lowest BCUT2D eigenvalue weighted by molar-refractivity contribution is 0.0209. The van der Waals surface area contributed by atoms with Crippen molar-refractivity contribution >= 4 is 22.9 Å². The summed E-state index contributed by atoms with van der Waals surface area (Å²) in [6.07, 6.45) is 1.58. The number of carbonyl (C=O) groups excluding carboxylic acids is 1. The molecular formula is C20H28N4O3. The fourth-order valence-electron chi connectivity index (χ4n) is 3.26. The van der Waals surface area contributed by atoms with Gasteiger partial charge in [-0.05, 0) is 45.7 Å². The Morgan fingerprint density at radius 1 is 1.22 bits per heavy atom. The molecular weight excluding hydrogens is 344 g/mol. The van der Waals surface area contributed by atoms with Gasteiger partial charge in [-0.25, -0.2) is 14.8 Å². The molecule has 3 rings (SSSR count). The number of methoxy groups -OCH3 is 1. The van der Waals surface area contributed by atoms with Gasteiger partial charge in [-0.2, -0.15) is 0 Å². The molecule has 2 aromatic rings. The summed E-state index contributed by atoms with van der Waals surface area (Å²) in [5.74, 6) is 1.23. The van der Waals surface area contributed by atoms with Gasteiger partial charge in [0.2, 0.25) is 0 Å². The number of piperidine rings is 1. The molecule has 7 heteroatoms. The zero-order valence-electron chi connectivity index (χ0n) is 16.7. The molecule has 2 heterocycles. The molecule has 146 valence electrons. The van der Waals surface area contributed by atoms with Crippen molar-refractivity contribution < 1.29 is 14.3 Å². The summed E-state index contributed by atoms with van der Waals surface area (Å²) in [5.41, 5.74) is 1.13. The van der Waals surface area contributed by atoms with Crippen molar-refractivity contribution in [3.05, 3.63) is 24.3 Å². The fraction of sp³-hybridized carbons (Fsp3) is 0.550. The van der Waals surface area contributed by atoms with E-state index < -0.39 is 5.60 Å². The summed E-state index contributed by atoms with van der Waals surface area (Å²) in [7, 11) is 3.40. The molecule has 0 spiro atoms. The van der Waals surface area contributed by atoms with Gasteiger partial charge in [0.1, 0.15) is 5.60 Å². The fourth-order valence-corrected chi connectivity index (χ4v) is 3.26. The second-order valence-electron chi connectivity index (χ2n) is 7.88. The van der Waals surface area contributed by atoms with Crippen LogP contribution < -0.4 is 9.64 Å². The van der Waals surface area contributed by atoms with Crippen LogP contribution in [-0.4, -0.2) is 59.9 Å². The van der Waals surface area contributed by atoms with E-state index in [4.69, 9.17) is 14.5 Å². The van der Waals surface area contributed by atoms with E-state index in [1.54, 1.807) is 19.1 Å². The third-order valence-electron chi connectivity index (χ3n) is 4.64. The van der Waals surface area contributed by atoms with Gasteiger partial charge in [0, 0.05) is 20.1 Å². The van der Waals surface area contributed by atoms with Gasteiger partial charge >= 0.3 is 6.09 Å². The minimum absolute atomic E-state index is 0.0478. The molecule has 0 radical (unpaired) electrons. The molecule has 0 bridgehead atoms. The number of aromatic nitrogens is 2. The molecule has 1 fully saturated rings. The number of ether oxygens (including phenoxy) is 2. The molecule has 7 nitrogen and oxygen atoms in total. The van der Waals surface area contributed by atoms with E-state index in [0.29, 0.717) is 12.4 Å². The van der Waals surface area contributed by atoms with Crippen LogP contribution in [0.15, 0.2) is 24.3 Å². The van der Waals surface area contributed by atoms with Gasteiger partial charge in [0.15, 0.2) is 5.82 Å². The number of anilines is 1. The molecule has 0 saturated carbocycles. The first-order chi connectivity index (χ1) is 12.8. The Bertz CT molecular complexity index is 818. The smallest absolute Gasteiger partial charge is 0.410 e. The van der Waals surface area contributed by atoms with E-state index in [2.05, 4.69) is 9.88 Å². The predicted molar refractivity (Wildman–Crippen MR) is 105 cm³/mol. The van der Waals surface area contributed by atoms with Crippen molar-refractivity contribution in [2.75, 3.05) is 32.1 Å². The number of hydrogen-bond acceptors (Lipinski definition) is 6. The third kappa shape index (κ3) is 4.40. The molecule has 1 saturated heterocycles. The SMILES string of the molecule is COc1nc2ccccc2nc1N1CCC[C@H](N(C)C(=O)OC(C)(C)C)C1. The van der Waals surface area contributed by atoms with Gasteiger partial charge in [0.05, 0.1) is 24.2 Å². The van der Waals surface area contributed by atoms with Gasteiger partial charge in [0.25, 0.3) is 5.88 Å². The van der Waals surface area contributed by atoms with E-state index in [1.165, 1.54) is 0 Å². The maximum Gasteiger partial charge on any atom is 0.410 e. The van der Waals surface area contributed by atoms with E-state index in [0.717, 1.165) is 36.2 Å². The minimum atomic E-state index is -0.507. The first kappa shape index (κ1) is 19.2. The molecule has 0 N–H and O–H groups in total. The quantitative estimate of drug-likeness (QED) is 0.822. The number of amides is 1. The molecule has 1 aromatic carbocycles. The normalized spacial score (nSPS) is 17.7. The number of fused-ring (bicyclic) bond motifs is 1. The summed E-state index contributed by atoms with van der Waals surface area (Å²) in [6.45, 7) is 7.14. The Morgan fingerprint density at radius 3 is 2.52 bits per heavy atom. The zero-order chi connectivity index (χ0) is 19.6. The van der Waals surface area contributed by atoms with Crippen LogP contribution >= 0.6 is 0 Å². The molecule has 1 amide bonds. The van der Waals surface area contributed by atoms with Crippen LogP contribution in [0.1, 0.15) is 33.6 Å². The Hall–Kier alpha value is -2.57. The average Bonchev–Trinajstić information content (AvgIpc) is 2.65. The second-order valence-corrected chi connectivity index (χ2v) is 7.88. The minimum Gasteiger partial charge on any atom is -0.478 e. The summed E-state index contributed by atoms with van der Waals surface area (Å²) >= 11 is 0. The highest BCUT2D eigenvalue weighted by molar-refractivity contribution is 5.77. The maximum absolute atomic E-state index is 12.4. The number of carbonyl (C=O) groups is 1. The maximum atomic E-state index is 12.4. The van der Waals surface area contributed by atoms with Gasteiger partial charge in [-0.3, -0.25) is 0 Å². The van der Waals surface area contributed by atoms with Crippen LogP contribution in [0.2, 0.25) is 0 Å². The van der Waals surface area contributed by atoms with Crippen molar-refractivity contribution in [1.29, 1.82) is 0 Å². The second kappa shape index (κ2) is 7.58. The largest absolute Gasteiger partial charge is 0.478 e. The molecule has 27 heavy (non-hydrogen) atoms. The Balaban J connectivity index is 1.82. The molecule has 1 aliphatic rings. The van der Waals surface area contributed by atoms with Gasteiger partial charge in [-0.1, -0.05) is 12.1 Å². The monoisotopic (exact) mass is 372 g/mol. The van der Waals surface area contributed by atoms with Gasteiger partial charge in [-0.15, -0.1) is 0 Å². The van der Waals surface area contributed by atoms with E-state index in [-0.39, 0.29) is 12.1 Å². The molecule has 1 aromatic heterocycles. The summed E-state index contributed by atoms with van der Waals surface area (Å²) in [6, 6.07) is 7.79. The van der Waals surface area contributed by atoms with E-state index >= 15 is 0 Å². The van der Waals surface area contributed by atoms with Gasteiger partial charge < -0.3 is 19.3 Å². The van der Waals surface area contributed by atoms with Crippen molar-refractivity contribution in [3.63, 3.8) is 0 Å². The van der Waals surface area contributed by atoms with E-state index in [1.807, 2.05) is 45.0 Å². The first-order valence-corrected chi connectivity index (χ1v) is 9.30. The molecule has 0 aliphatic carbocycles. The lowest BCUT2D eigenvalue weighted by Gasteiger charge is -2.38. The number of para-hydroxylation sites is 2. The summed E-state index contributed by atoms with van der Waals surface area (Å²) in [5, 5.41) is 0. The molecule has 1 atom stereocenters. The van der Waals surface area contributed by atoms with Crippen LogP contribution in [0, 0.1) is 0 Å². The van der Waals surface area contributed by atoms with Crippen LogP contribution in [-0.2, 0) is 4.74 Å². The highest BCUT2D eigenvalue weighted by Gasteiger charge is 2.31. The number of nitrogens with zero attached hydrogens (tertiary/aromatic N) is 4. The van der Waals surface area contributed by atoms with E-state index in [9.17, 15) is 4.79 Å². The lowest BCUT2D eigenvalue weighted by atomic mass is 10.0. The topological polar surface area (TPSA) is 67.8 Å². The van der Waals surface area contributed by atoms with Crippen molar-refractivity contribution in [1.82, 2.24) is 14.9 Å². The highest BCUT2D eigenvalue weighted by Crippen LogP contribution is 2.30. The molecule has 0 unspecified atom stereocenters. The van der Waals surface area contributed by atoms with Crippen LogP contribution in [0.4, 0.5) is 10.6 Å². The van der Waals surface area contributed by atoms with Crippen molar-refractivity contribution in [2.45, 2.75) is 45.3 Å². The van der Waals surface area contributed by atoms with Crippen LogP contribution in [0.25, 0.3) is 11.0 Å². The Kier molecular flexibility index (Phi) is 5.39. The standard InChI is InChI=1S/C20H28N4O3/c1-20(2,3)27-19(25)23(4)14-9-8-12-24(13-14)17-18(26-5)22-16-11-7-6-10-15(16)21-17/h6-7,10-11,14H,8-9,12-13H2,1-5H3/t14-/m0/s1. The third-order valence-corrected chi connectivity index (χ3v) is 4.64. The van der Waals surface area contributed by atoms with Crippen LogP contribution in [0.3, 0.4) is 0 Å². The first-order valence-electron chi connectivity index (χ1n) is 9.30. The predicted octanol–water partition coefficient (Wildman–Crippen LogP) is 3.47. The number of hydrogen-bond donors (Lipinski definition) is 0. The van der Waals surface area contributed by atoms with Crippen molar-refractivity contribution in [2.24, 2.45) is 0 Å².